The second kappa shape index (κ2) is 10.3. The number of nitrogens with one attached hydrogen (secondary N) is 2. The molecule has 0 aliphatic rings. The predicted molar refractivity (Wildman–Crippen MR) is 114 cm³/mol. The summed E-state index contributed by atoms with van der Waals surface area (Å²) < 4.78 is 24.1. The zero-order valence-corrected chi connectivity index (χ0v) is 18.9. The number of aliphatic hydroxyl groups is 3. The minimum atomic E-state index is -4.32. The van der Waals surface area contributed by atoms with Gasteiger partial charge in [0.15, 0.2) is 23.2 Å². The van der Waals surface area contributed by atoms with Gasteiger partial charge in [0.05, 0.1) is 18.8 Å². The Hall–Kier alpha value is -2.06. The van der Waals surface area contributed by atoms with Gasteiger partial charge in [0.1, 0.15) is 6.10 Å². The number of aliphatic hydroxyl groups excluding tert-OH is 3. The van der Waals surface area contributed by atoms with Crippen molar-refractivity contribution in [2.24, 2.45) is 0 Å². The van der Waals surface area contributed by atoms with Gasteiger partial charge in [-0.25, -0.2) is 9.36 Å². The van der Waals surface area contributed by atoms with E-state index in [9.17, 15) is 34.4 Å². The fourth-order valence-corrected chi connectivity index (χ4v) is 4.44. The van der Waals surface area contributed by atoms with Gasteiger partial charge in [0.25, 0.3) is 5.56 Å². The molecule has 0 aromatic carbocycles. The summed E-state index contributed by atoms with van der Waals surface area (Å²) in [6.07, 6.45) is -2.70. The van der Waals surface area contributed by atoms with E-state index in [4.69, 9.17) is 15.0 Å². The van der Waals surface area contributed by atoms with Crippen molar-refractivity contribution < 1.29 is 34.0 Å². The molecule has 0 amide bonds. The Labute approximate surface area is 182 Å². The second-order valence-electron chi connectivity index (χ2n) is 7.56. The number of ether oxygens (including phenoxy) is 1. The number of hydrogen-bond acceptors (Lipinski definition) is 10. The van der Waals surface area contributed by atoms with Crippen LogP contribution in [0, 0.1) is 0 Å². The number of aromatic amines is 2. The van der Waals surface area contributed by atoms with Crippen molar-refractivity contribution in [1.82, 2.24) is 19.5 Å². The molecule has 0 aliphatic carbocycles. The van der Waals surface area contributed by atoms with Crippen molar-refractivity contribution in [3.05, 3.63) is 20.8 Å². The van der Waals surface area contributed by atoms with E-state index in [1.807, 2.05) is 0 Å². The molecule has 0 fully saturated rings. The number of aromatic nitrogens is 4. The Morgan fingerprint density at radius 2 is 1.94 bits per heavy atom. The molecule has 0 bridgehead atoms. The van der Waals surface area contributed by atoms with E-state index in [0.29, 0.717) is 0 Å². The average molecular weight is 479 g/mol. The molecular formula is C17H30N5O9P. The molecule has 3 unspecified atom stereocenters. The number of H-pyrrole nitrogens is 2. The van der Waals surface area contributed by atoms with Gasteiger partial charge in [-0.1, -0.05) is 13.8 Å². The first-order valence-corrected chi connectivity index (χ1v) is 11.7. The van der Waals surface area contributed by atoms with Gasteiger partial charge >= 0.3 is 13.3 Å². The molecule has 0 radical (unpaired) electrons. The van der Waals surface area contributed by atoms with Crippen LogP contribution in [-0.2, 0) is 13.8 Å². The minimum Gasteiger partial charge on any atom is -0.394 e. The van der Waals surface area contributed by atoms with Crippen molar-refractivity contribution in [2.75, 3.05) is 18.9 Å². The minimum absolute atomic E-state index is 0.0214. The largest absolute Gasteiger partial charge is 0.394 e. The summed E-state index contributed by atoms with van der Waals surface area (Å²) in [5, 5.41) is 29.4. The van der Waals surface area contributed by atoms with Crippen molar-refractivity contribution >= 4 is 24.7 Å². The van der Waals surface area contributed by atoms with E-state index in [2.05, 4.69) is 15.0 Å². The van der Waals surface area contributed by atoms with E-state index in [1.165, 1.54) is 6.92 Å². The quantitative estimate of drug-likeness (QED) is 0.189. The first kappa shape index (κ1) is 26.2. The zero-order valence-electron chi connectivity index (χ0n) is 18.0. The summed E-state index contributed by atoms with van der Waals surface area (Å²) in [4.78, 5) is 42.9. The van der Waals surface area contributed by atoms with Gasteiger partial charge in [0.2, 0.25) is 5.95 Å². The van der Waals surface area contributed by atoms with Crippen LogP contribution in [0.15, 0.2) is 9.59 Å². The van der Waals surface area contributed by atoms with Gasteiger partial charge < -0.3 is 35.2 Å². The normalized spacial score (nSPS) is 18.7. The summed E-state index contributed by atoms with van der Waals surface area (Å²) in [5.74, 6) is -1.81. The van der Waals surface area contributed by atoms with Crippen molar-refractivity contribution in [3.8, 4) is 0 Å². The second-order valence-corrected chi connectivity index (χ2v) is 9.47. The van der Waals surface area contributed by atoms with Gasteiger partial charge in [-0.05, 0) is 19.8 Å². The van der Waals surface area contributed by atoms with Gasteiger partial charge in [0, 0.05) is 6.42 Å². The van der Waals surface area contributed by atoms with Crippen LogP contribution in [0.25, 0.3) is 11.2 Å². The Kier molecular flexibility index (Phi) is 8.39. The standard InChI is InChI=1S/C17H30N5O9P/c1-4-10(25)32(28,29)31-17(3,5-2)6-7-30-14(9(24)8-23)22-12-11(19-16(22)27)13(26)21-15(18)20-12/h9-10,14,23-25H,4-8H2,1-3H3,(H,19,27)(H,28,29)(H3,18,20,21,26)/t9-,10?,14-,17?/m1/s1. The van der Waals surface area contributed by atoms with Crippen LogP contribution >= 0.6 is 7.60 Å². The summed E-state index contributed by atoms with van der Waals surface area (Å²) >= 11 is 0. The number of imidazole rings is 1. The van der Waals surface area contributed by atoms with Gasteiger partial charge in [-0.15, -0.1) is 0 Å². The van der Waals surface area contributed by atoms with Crippen molar-refractivity contribution in [2.45, 2.75) is 63.8 Å². The molecule has 5 atom stereocenters. The Morgan fingerprint density at radius 1 is 1.28 bits per heavy atom. The van der Waals surface area contributed by atoms with Gasteiger partial charge in [-0.2, -0.15) is 4.98 Å². The summed E-state index contributed by atoms with van der Waals surface area (Å²) in [6, 6.07) is 0. The topological polar surface area (TPSA) is 226 Å². The smallest absolute Gasteiger partial charge is 0.356 e. The molecule has 2 heterocycles. The summed E-state index contributed by atoms with van der Waals surface area (Å²) in [5.41, 5.74) is 2.44. The molecule has 15 heteroatoms. The monoisotopic (exact) mass is 479 g/mol. The molecule has 2 aromatic rings. The average Bonchev–Trinajstić information content (AvgIpc) is 3.05. The lowest BCUT2D eigenvalue weighted by atomic mass is 10.0. The third-order valence-corrected chi connectivity index (χ3v) is 6.95. The Morgan fingerprint density at radius 3 is 2.50 bits per heavy atom. The maximum Gasteiger partial charge on any atom is 0.356 e. The summed E-state index contributed by atoms with van der Waals surface area (Å²) in [6.45, 7) is 3.83. The lowest BCUT2D eigenvalue weighted by Gasteiger charge is -2.33. The number of hydrogen-bond donors (Lipinski definition) is 7. The molecule has 14 nitrogen and oxygen atoms in total. The molecule has 0 aliphatic heterocycles. The van der Waals surface area contributed by atoms with Crippen LogP contribution < -0.4 is 17.0 Å². The molecule has 8 N–H and O–H groups in total. The predicted octanol–water partition coefficient (Wildman–Crippen LogP) is -0.647. The highest BCUT2D eigenvalue weighted by Crippen LogP contribution is 2.52. The molecule has 2 aromatic heterocycles. The fourth-order valence-electron chi connectivity index (χ4n) is 3.00. The van der Waals surface area contributed by atoms with E-state index < -0.39 is 49.2 Å². The summed E-state index contributed by atoms with van der Waals surface area (Å²) in [7, 11) is -4.32. The number of nitrogen functional groups attached to an aromatic ring is 1. The molecule has 0 spiro atoms. The Balaban J connectivity index is 2.29. The van der Waals surface area contributed by atoms with Gasteiger partial charge in [-0.3, -0.25) is 19.3 Å². The molecular weight excluding hydrogens is 449 g/mol. The third-order valence-electron chi connectivity index (χ3n) is 5.13. The SMILES string of the molecule is CCC(O)P(=O)(O)OC(C)(CC)CCO[C@H]([C@H](O)CO)n1c(=O)[nH]c2c(=O)[nH]c(N)nc21. The van der Waals surface area contributed by atoms with Crippen molar-refractivity contribution in [3.63, 3.8) is 0 Å². The van der Waals surface area contributed by atoms with E-state index in [1.54, 1.807) is 13.8 Å². The highest BCUT2D eigenvalue weighted by atomic mass is 31.2. The maximum atomic E-state index is 12.5. The molecule has 32 heavy (non-hydrogen) atoms. The van der Waals surface area contributed by atoms with E-state index in [0.717, 1.165) is 4.57 Å². The van der Waals surface area contributed by atoms with E-state index in [-0.39, 0.29) is 43.0 Å². The maximum absolute atomic E-state index is 12.5. The lowest BCUT2D eigenvalue weighted by molar-refractivity contribution is -0.108. The number of rotatable bonds is 12. The first-order valence-electron chi connectivity index (χ1n) is 10.0. The fraction of sp³-hybridized carbons (Fsp3) is 0.706. The number of anilines is 1. The molecule has 182 valence electrons. The highest BCUT2D eigenvalue weighted by molar-refractivity contribution is 7.53. The van der Waals surface area contributed by atoms with Crippen LogP contribution in [0.2, 0.25) is 0 Å². The molecule has 2 rings (SSSR count). The van der Waals surface area contributed by atoms with Crippen LogP contribution in [0.4, 0.5) is 5.95 Å². The van der Waals surface area contributed by atoms with Crippen LogP contribution in [0.3, 0.4) is 0 Å². The Bertz CT molecular complexity index is 1080. The van der Waals surface area contributed by atoms with E-state index >= 15 is 0 Å². The molecule has 0 saturated carbocycles. The number of nitrogens with two attached hydrogens (primary N) is 1. The lowest BCUT2D eigenvalue weighted by Crippen LogP contribution is -2.37. The van der Waals surface area contributed by atoms with Crippen LogP contribution in [0.1, 0.15) is 46.3 Å². The number of fused-ring (bicyclic) bond motifs is 1. The zero-order chi connectivity index (χ0) is 24.3. The first-order chi connectivity index (χ1) is 14.9. The number of nitrogens with zero attached hydrogens (tertiary/aromatic N) is 2. The van der Waals surface area contributed by atoms with Crippen LogP contribution in [-0.4, -0.2) is 70.5 Å². The third kappa shape index (κ3) is 5.64. The van der Waals surface area contributed by atoms with Crippen LogP contribution in [0.5, 0.6) is 0 Å². The highest BCUT2D eigenvalue weighted by Gasteiger charge is 2.38. The molecule has 0 saturated heterocycles. The van der Waals surface area contributed by atoms with Crippen molar-refractivity contribution in [1.29, 1.82) is 0 Å².